The Hall–Kier alpha value is -2.22. The molecule has 2 amide bonds. The molecule has 0 saturated heterocycles. The van der Waals surface area contributed by atoms with Crippen molar-refractivity contribution in [3.8, 4) is 0 Å². The minimum absolute atomic E-state index is 0.0437. The average molecular weight is 391 g/mol. The first-order valence-corrected chi connectivity index (χ1v) is 8.15. The van der Waals surface area contributed by atoms with Crippen LogP contribution in [0.4, 0.5) is 5.69 Å². The first kappa shape index (κ1) is 18.1. The maximum Gasteiger partial charge on any atom is 0.247 e. The summed E-state index contributed by atoms with van der Waals surface area (Å²) in [6.07, 6.45) is 0. The van der Waals surface area contributed by atoms with Gasteiger partial charge >= 0.3 is 0 Å². The van der Waals surface area contributed by atoms with Crippen LogP contribution in [0.25, 0.3) is 0 Å². The van der Waals surface area contributed by atoms with Gasteiger partial charge in [0.1, 0.15) is 0 Å². The van der Waals surface area contributed by atoms with Crippen molar-refractivity contribution < 1.29 is 9.59 Å². The van der Waals surface area contributed by atoms with E-state index in [0.717, 1.165) is 15.6 Å². The van der Waals surface area contributed by atoms with Gasteiger partial charge < -0.3 is 5.32 Å². The Kier molecular flexibility index (Phi) is 6.48. The van der Waals surface area contributed by atoms with Crippen molar-refractivity contribution in [1.29, 1.82) is 0 Å². The number of hydrogen-bond acceptors (Lipinski definition) is 4. The van der Waals surface area contributed by atoms with Crippen LogP contribution < -0.4 is 21.9 Å². The summed E-state index contributed by atoms with van der Waals surface area (Å²) >= 11 is 3.46. The molecular formula is C17H19BrN4O2. The quantitative estimate of drug-likeness (QED) is 0.344. The van der Waals surface area contributed by atoms with Crippen molar-refractivity contribution in [2.75, 3.05) is 11.9 Å². The minimum Gasteiger partial charge on any atom is -0.326 e. The molecule has 0 bridgehead atoms. The van der Waals surface area contributed by atoms with E-state index in [1.807, 2.05) is 48.5 Å². The molecule has 5 N–H and O–H groups in total. The van der Waals surface area contributed by atoms with Crippen LogP contribution in [0.5, 0.6) is 0 Å². The number of carbonyl (C=O) groups is 2. The zero-order chi connectivity index (χ0) is 17.5. The number of rotatable bonds is 6. The van der Waals surface area contributed by atoms with Crippen molar-refractivity contribution in [3.05, 3.63) is 64.1 Å². The molecule has 0 radical (unpaired) electrons. The number of anilines is 1. The number of nitrogens with two attached hydrogens (primary N) is 1. The largest absolute Gasteiger partial charge is 0.326 e. The molecule has 24 heavy (non-hydrogen) atoms. The first-order chi connectivity index (χ1) is 11.5. The van der Waals surface area contributed by atoms with Crippen molar-refractivity contribution in [3.63, 3.8) is 0 Å². The summed E-state index contributed by atoms with van der Waals surface area (Å²) in [5, 5.41) is 6.01. The molecule has 0 aromatic heterocycles. The molecule has 0 saturated carbocycles. The lowest BCUT2D eigenvalue weighted by Gasteiger charge is -2.22. The lowest BCUT2D eigenvalue weighted by Crippen LogP contribution is -2.39. The topological polar surface area (TPSA) is 96.2 Å². The summed E-state index contributed by atoms with van der Waals surface area (Å²) in [5.74, 6) is 4.66. The SMILES string of the molecule is CC(=O)Nc1ccc(Br)cc1[C@H](NCC(=O)NN)c1ccccc1. The minimum atomic E-state index is -0.327. The van der Waals surface area contributed by atoms with Gasteiger partial charge in [0.15, 0.2) is 0 Å². The fourth-order valence-corrected chi connectivity index (χ4v) is 2.75. The third-order valence-electron chi connectivity index (χ3n) is 3.40. The second-order valence-electron chi connectivity index (χ2n) is 5.20. The number of benzene rings is 2. The third-order valence-corrected chi connectivity index (χ3v) is 3.89. The van der Waals surface area contributed by atoms with E-state index in [0.29, 0.717) is 5.69 Å². The van der Waals surface area contributed by atoms with Gasteiger partial charge in [-0.3, -0.25) is 20.3 Å². The van der Waals surface area contributed by atoms with E-state index in [9.17, 15) is 9.59 Å². The third kappa shape index (κ3) is 4.89. The average Bonchev–Trinajstić information content (AvgIpc) is 2.57. The molecule has 7 heteroatoms. The highest BCUT2D eigenvalue weighted by molar-refractivity contribution is 9.10. The van der Waals surface area contributed by atoms with Crippen LogP contribution in [0.15, 0.2) is 53.0 Å². The molecule has 2 rings (SSSR count). The van der Waals surface area contributed by atoms with Gasteiger partial charge in [-0.05, 0) is 29.3 Å². The molecule has 0 fully saturated rings. The van der Waals surface area contributed by atoms with Crippen LogP contribution in [-0.4, -0.2) is 18.4 Å². The summed E-state index contributed by atoms with van der Waals surface area (Å²) in [6.45, 7) is 1.50. The van der Waals surface area contributed by atoms with Crippen molar-refractivity contribution in [2.45, 2.75) is 13.0 Å². The second-order valence-corrected chi connectivity index (χ2v) is 6.12. The van der Waals surface area contributed by atoms with Crippen LogP contribution in [-0.2, 0) is 9.59 Å². The van der Waals surface area contributed by atoms with E-state index in [-0.39, 0.29) is 24.4 Å². The molecule has 0 aliphatic carbocycles. The first-order valence-electron chi connectivity index (χ1n) is 7.36. The molecule has 126 valence electrons. The predicted molar refractivity (Wildman–Crippen MR) is 97.1 cm³/mol. The number of amides is 2. The Morgan fingerprint density at radius 2 is 1.88 bits per heavy atom. The highest BCUT2D eigenvalue weighted by atomic mass is 79.9. The summed E-state index contributed by atoms with van der Waals surface area (Å²) in [7, 11) is 0. The summed E-state index contributed by atoms with van der Waals surface area (Å²) in [6, 6.07) is 15.0. The molecule has 1 atom stereocenters. The van der Waals surface area contributed by atoms with Crippen molar-refractivity contribution >= 4 is 33.4 Å². The monoisotopic (exact) mass is 390 g/mol. The second kappa shape index (κ2) is 8.58. The van der Waals surface area contributed by atoms with Crippen molar-refractivity contribution in [1.82, 2.24) is 10.7 Å². The van der Waals surface area contributed by atoms with Gasteiger partial charge in [-0.25, -0.2) is 5.84 Å². The van der Waals surface area contributed by atoms with E-state index >= 15 is 0 Å². The van der Waals surface area contributed by atoms with E-state index in [1.165, 1.54) is 6.92 Å². The Balaban J connectivity index is 2.44. The van der Waals surface area contributed by atoms with Crippen LogP contribution in [0, 0.1) is 0 Å². The Morgan fingerprint density at radius 1 is 1.17 bits per heavy atom. The molecule has 0 aliphatic heterocycles. The molecule has 0 spiro atoms. The standard InChI is InChI=1S/C17H19BrN4O2/c1-11(23)21-15-8-7-13(18)9-14(15)17(20-10-16(24)22-19)12-5-3-2-4-6-12/h2-9,17,20H,10,19H2,1H3,(H,21,23)(H,22,24)/t17-/m1/s1. The van der Waals surface area contributed by atoms with E-state index in [1.54, 1.807) is 0 Å². The normalized spacial score (nSPS) is 11.6. The molecular weight excluding hydrogens is 372 g/mol. The zero-order valence-electron chi connectivity index (χ0n) is 13.2. The van der Waals surface area contributed by atoms with Crippen LogP contribution in [0.3, 0.4) is 0 Å². The maximum atomic E-state index is 11.5. The van der Waals surface area contributed by atoms with E-state index in [2.05, 4.69) is 32.0 Å². The smallest absolute Gasteiger partial charge is 0.247 e. The van der Waals surface area contributed by atoms with Gasteiger partial charge in [-0.15, -0.1) is 0 Å². The number of hydrogen-bond donors (Lipinski definition) is 4. The van der Waals surface area contributed by atoms with Gasteiger partial charge in [0.05, 0.1) is 12.6 Å². The van der Waals surface area contributed by atoms with E-state index in [4.69, 9.17) is 5.84 Å². The zero-order valence-corrected chi connectivity index (χ0v) is 14.8. The van der Waals surface area contributed by atoms with Crippen molar-refractivity contribution in [2.24, 2.45) is 5.84 Å². The lowest BCUT2D eigenvalue weighted by molar-refractivity contribution is -0.120. The Morgan fingerprint density at radius 3 is 2.50 bits per heavy atom. The molecule has 0 aliphatic rings. The van der Waals surface area contributed by atoms with Gasteiger partial charge in [0.2, 0.25) is 11.8 Å². The summed E-state index contributed by atoms with van der Waals surface area (Å²) < 4.78 is 0.873. The van der Waals surface area contributed by atoms with Gasteiger partial charge in [-0.2, -0.15) is 0 Å². The Bertz CT molecular complexity index is 722. The van der Waals surface area contributed by atoms with Crippen LogP contribution in [0.1, 0.15) is 24.1 Å². The molecule has 2 aromatic carbocycles. The number of hydrazine groups is 1. The Labute approximate surface area is 148 Å². The predicted octanol–water partition coefficient (Wildman–Crippen LogP) is 2.08. The molecule has 0 unspecified atom stereocenters. The number of nitrogens with one attached hydrogen (secondary N) is 3. The highest BCUT2D eigenvalue weighted by Crippen LogP contribution is 2.31. The van der Waals surface area contributed by atoms with Crippen LogP contribution in [0.2, 0.25) is 0 Å². The highest BCUT2D eigenvalue weighted by Gasteiger charge is 2.19. The fourth-order valence-electron chi connectivity index (χ4n) is 2.37. The lowest BCUT2D eigenvalue weighted by atomic mass is 9.97. The number of carbonyl (C=O) groups excluding carboxylic acids is 2. The van der Waals surface area contributed by atoms with Gasteiger partial charge in [0, 0.05) is 17.1 Å². The molecule has 6 nitrogen and oxygen atoms in total. The van der Waals surface area contributed by atoms with E-state index < -0.39 is 0 Å². The molecule has 0 heterocycles. The summed E-state index contributed by atoms with van der Waals surface area (Å²) in [4.78, 5) is 23.0. The van der Waals surface area contributed by atoms with Crippen LogP contribution >= 0.6 is 15.9 Å². The van der Waals surface area contributed by atoms with Gasteiger partial charge in [-0.1, -0.05) is 46.3 Å². The summed E-state index contributed by atoms with van der Waals surface area (Å²) in [5.41, 5.74) is 4.59. The maximum absolute atomic E-state index is 11.5. The fraction of sp³-hybridized carbons (Fsp3) is 0.176. The number of halogens is 1. The van der Waals surface area contributed by atoms with Gasteiger partial charge in [0.25, 0.3) is 0 Å². The molecule has 2 aromatic rings.